The molecule has 0 saturated heterocycles. The number of ether oxygens (including phenoxy) is 4. The quantitative estimate of drug-likeness (QED) is 0.351. The number of benzene rings is 2. The Hall–Kier alpha value is -4.40. The minimum atomic E-state index is -0.680. The number of aromatic amines is 1. The van der Waals surface area contributed by atoms with Crippen molar-refractivity contribution >= 4 is 39.7 Å². The van der Waals surface area contributed by atoms with Crippen LogP contribution in [0.5, 0.6) is 5.75 Å². The summed E-state index contributed by atoms with van der Waals surface area (Å²) in [7, 11) is 3.72. The first-order valence-electron chi connectivity index (χ1n) is 9.89. The molecule has 9 heteroatoms. The highest BCUT2D eigenvalue weighted by molar-refractivity contribution is 6.18. The Morgan fingerprint density at radius 1 is 0.879 bits per heavy atom. The van der Waals surface area contributed by atoms with Crippen molar-refractivity contribution in [3.05, 3.63) is 71.0 Å². The average Bonchev–Trinajstić information content (AvgIpc) is 3.31. The van der Waals surface area contributed by atoms with Crippen LogP contribution in [0.4, 0.5) is 0 Å². The summed E-state index contributed by atoms with van der Waals surface area (Å²) in [5, 5.41) is 0.870. The summed E-state index contributed by atoms with van der Waals surface area (Å²) >= 11 is 0. The zero-order valence-corrected chi connectivity index (χ0v) is 18.1. The molecule has 0 radical (unpaired) electrons. The molecule has 0 saturated carbocycles. The number of hydrogen-bond acceptors (Lipinski definition) is 8. The summed E-state index contributed by atoms with van der Waals surface area (Å²) in [6.45, 7) is 0.251. The first kappa shape index (κ1) is 21.8. The summed E-state index contributed by atoms with van der Waals surface area (Å²) < 4.78 is 20.6. The Labute approximate surface area is 188 Å². The molecular weight excluding hydrogens is 428 g/mol. The fraction of sp³-hybridized carbons (Fsp3) is 0.167. The molecule has 0 aliphatic heterocycles. The molecule has 4 rings (SSSR count). The second-order valence-corrected chi connectivity index (χ2v) is 7.05. The van der Waals surface area contributed by atoms with Gasteiger partial charge in [0.1, 0.15) is 23.7 Å². The third kappa shape index (κ3) is 4.08. The number of nitrogens with one attached hydrogen (secondary N) is 1. The lowest BCUT2D eigenvalue weighted by atomic mass is 10.0. The largest absolute Gasteiger partial charge is 0.488 e. The fourth-order valence-electron chi connectivity index (χ4n) is 3.53. The maximum atomic E-state index is 12.6. The maximum absolute atomic E-state index is 12.6. The molecule has 1 N–H and O–H groups in total. The molecule has 0 amide bonds. The number of carbonyl (C=O) groups is 3. The van der Waals surface area contributed by atoms with Crippen LogP contribution in [0.1, 0.15) is 36.9 Å². The Kier molecular flexibility index (Phi) is 5.95. The number of nitrogens with zero attached hydrogens (tertiary/aromatic N) is 1. The predicted molar refractivity (Wildman–Crippen MR) is 118 cm³/mol. The van der Waals surface area contributed by atoms with Gasteiger partial charge in [-0.3, -0.25) is 0 Å². The van der Waals surface area contributed by atoms with Gasteiger partial charge in [-0.25, -0.2) is 19.4 Å². The smallest absolute Gasteiger partial charge is 0.356 e. The van der Waals surface area contributed by atoms with E-state index in [1.807, 2.05) is 30.3 Å². The summed E-state index contributed by atoms with van der Waals surface area (Å²) in [5.74, 6) is -1.58. The molecule has 0 fully saturated rings. The highest BCUT2D eigenvalue weighted by Gasteiger charge is 2.23. The van der Waals surface area contributed by atoms with Gasteiger partial charge < -0.3 is 23.9 Å². The lowest BCUT2D eigenvalue weighted by Crippen LogP contribution is -2.10. The van der Waals surface area contributed by atoms with Crippen LogP contribution in [-0.4, -0.2) is 49.2 Å². The average molecular weight is 448 g/mol. The van der Waals surface area contributed by atoms with Crippen LogP contribution >= 0.6 is 0 Å². The number of esters is 3. The van der Waals surface area contributed by atoms with Gasteiger partial charge >= 0.3 is 17.9 Å². The van der Waals surface area contributed by atoms with Crippen LogP contribution < -0.4 is 4.74 Å². The van der Waals surface area contributed by atoms with E-state index in [1.54, 1.807) is 6.07 Å². The molecule has 0 bridgehead atoms. The van der Waals surface area contributed by atoms with Gasteiger partial charge in [-0.05, 0) is 17.7 Å². The van der Waals surface area contributed by atoms with Gasteiger partial charge in [0.25, 0.3) is 0 Å². The van der Waals surface area contributed by atoms with Crippen LogP contribution in [0, 0.1) is 0 Å². The van der Waals surface area contributed by atoms with E-state index in [0.717, 1.165) is 5.56 Å². The zero-order chi connectivity index (χ0) is 23.5. The van der Waals surface area contributed by atoms with E-state index in [4.69, 9.17) is 18.9 Å². The number of hydrogen-bond donors (Lipinski definition) is 1. The highest BCUT2D eigenvalue weighted by atomic mass is 16.5. The van der Waals surface area contributed by atoms with Gasteiger partial charge in [0, 0.05) is 16.8 Å². The first-order valence-corrected chi connectivity index (χ1v) is 9.89. The van der Waals surface area contributed by atoms with Gasteiger partial charge in [0.15, 0.2) is 0 Å². The Bertz CT molecular complexity index is 1380. The lowest BCUT2D eigenvalue weighted by Gasteiger charge is -2.13. The minimum Gasteiger partial charge on any atom is -0.488 e. The van der Waals surface area contributed by atoms with Gasteiger partial charge in [0.05, 0.1) is 37.9 Å². The van der Waals surface area contributed by atoms with Crippen LogP contribution in [0.2, 0.25) is 0 Å². The summed E-state index contributed by atoms with van der Waals surface area (Å²) in [6.07, 6.45) is 0. The molecule has 2 aromatic heterocycles. The van der Waals surface area contributed by atoms with Crippen molar-refractivity contribution in [1.29, 1.82) is 0 Å². The van der Waals surface area contributed by atoms with E-state index in [9.17, 15) is 14.4 Å². The molecule has 0 aliphatic carbocycles. The number of carbonyl (C=O) groups excluding carboxylic acids is 3. The van der Waals surface area contributed by atoms with Crippen molar-refractivity contribution in [2.24, 2.45) is 0 Å². The van der Waals surface area contributed by atoms with Gasteiger partial charge in [-0.1, -0.05) is 30.3 Å². The number of H-pyrrole nitrogens is 1. The van der Waals surface area contributed by atoms with Crippen molar-refractivity contribution in [3.63, 3.8) is 0 Å². The molecule has 0 atom stereocenters. The van der Waals surface area contributed by atoms with E-state index in [1.165, 1.54) is 33.5 Å². The monoisotopic (exact) mass is 448 g/mol. The molecule has 0 spiro atoms. The van der Waals surface area contributed by atoms with Crippen LogP contribution in [-0.2, 0) is 20.8 Å². The van der Waals surface area contributed by atoms with Crippen molar-refractivity contribution in [3.8, 4) is 5.75 Å². The van der Waals surface area contributed by atoms with Crippen molar-refractivity contribution in [2.75, 3.05) is 21.3 Å². The lowest BCUT2D eigenvalue weighted by molar-refractivity contribution is 0.0583. The fourth-order valence-corrected chi connectivity index (χ4v) is 3.53. The van der Waals surface area contributed by atoms with Crippen molar-refractivity contribution in [1.82, 2.24) is 9.97 Å². The minimum absolute atomic E-state index is 0.0403. The predicted octanol–water partition coefficient (Wildman–Crippen LogP) is 3.65. The summed E-state index contributed by atoms with van der Waals surface area (Å²) in [4.78, 5) is 44.3. The SMILES string of the molecule is COC(=O)c1cc2c(OCc3ccccc3)cc3[nH]c(C(=O)OC)cc(C(=O)OC)c3c2n1. The highest BCUT2D eigenvalue weighted by Crippen LogP contribution is 2.36. The third-order valence-electron chi connectivity index (χ3n) is 5.09. The van der Waals surface area contributed by atoms with E-state index >= 15 is 0 Å². The standard InChI is InChI=1S/C24H20N2O7/c1-30-22(27)15-10-17(23(28)31-2)25-16-11-19(33-12-13-7-5-4-6-8-13)14-9-18(24(29)32-3)26-21(14)20(15)16/h4-11,25H,12H2,1-3H3. The topological polar surface area (TPSA) is 117 Å². The van der Waals surface area contributed by atoms with Gasteiger partial charge in [-0.15, -0.1) is 0 Å². The number of fused-ring (bicyclic) bond motifs is 3. The van der Waals surface area contributed by atoms with Crippen LogP contribution in [0.3, 0.4) is 0 Å². The Balaban J connectivity index is 1.99. The third-order valence-corrected chi connectivity index (χ3v) is 5.09. The number of pyridine rings is 1. The number of aromatic nitrogens is 2. The molecule has 2 aromatic carbocycles. The van der Waals surface area contributed by atoms with E-state index in [0.29, 0.717) is 27.6 Å². The molecule has 2 heterocycles. The maximum Gasteiger partial charge on any atom is 0.356 e. The molecular formula is C24H20N2O7. The van der Waals surface area contributed by atoms with Crippen molar-refractivity contribution in [2.45, 2.75) is 6.61 Å². The second kappa shape index (κ2) is 8.99. The van der Waals surface area contributed by atoms with E-state index < -0.39 is 17.9 Å². The number of rotatable bonds is 6. The molecule has 168 valence electrons. The summed E-state index contributed by atoms with van der Waals surface area (Å²) in [5.41, 5.74) is 1.81. The van der Waals surface area contributed by atoms with Crippen LogP contribution in [0.15, 0.2) is 48.5 Å². The molecule has 0 unspecified atom stereocenters. The second-order valence-electron chi connectivity index (χ2n) is 7.05. The number of methoxy groups -OCH3 is 3. The first-order chi connectivity index (χ1) is 16.0. The van der Waals surface area contributed by atoms with Crippen molar-refractivity contribution < 1.29 is 33.3 Å². The zero-order valence-electron chi connectivity index (χ0n) is 18.1. The van der Waals surface area contributed by atoms with E-state index in [2.05, 4.69) is 9.97 Å². The molecule has 33 heavy (non-hydrogen) atoms. The molecule has 0 aliphatic rings. The Morgan fingerprint density at radius 2 is 1.58 bits per heavy atom. The van der Waals surface area contributed by atoms with Crippen LogP contribution in [0.25, 0.3) is 21.8 Å². The summed E-state index contributed by atoms with van der Waals surface area (Å²) in [6, 6.07) is 14.0. The normalized spacial score (nSPS) is 10.8. The molecule has 9 nitrogen and oxygen atoms in total. The van der Waals surface area contributed by atoms with Gasteiger partial charge in [0.2, 0.25) is 0 Å². The van der Waals surface area contributed by atoms with E-state index in [-0.39, 0.29) is 23.6 Å². The Morgan fingerprint density at radius 3 is 2.24 bits per heavy atom. The molecule has 4 aromatic rings. The van der Waals surface area contributed by atoms with Gasteiger partial charge in [-0.2, -0.15) is 0 Å².